The topological polar surface area (TPSA) is 32.3 Å². The molecule has 0 saturated heterocycles. The van der Waals surface area contributed by atoms with Gasteiger partial charge in [-0.05, 0) is 46.0 Å². The van der Waals surface area contributed by atoms with Crippen LogP contribution in [0.1, 0.15) is 47.5 Å². The predicted octanol–water partition coefficient (Wildman–Crippen LogP) is 1.93. The van der Waals surface area contributed by atoms with E-state index in [1.165, 1.54) is 0 Å². The third kappa shape index (κ3) is 2.68. The summed E-state index contributed by atoms with van der Waals surface area (Å²) in [4.78, 5) is 0. The van der Waals surface area contributed by atoms with E-state index in [0.717, 1.165) is 12.8 Å². The highest BCUT2D eigenvalue weighted by atomic mass is 16.3. The molecule has 0 spiro atoms. The molecule has 0 heterocycles. The van der Waals surface area contributed by atoms with Crippen LogP contribution in [0.5, 0.6) is 0 Å². The van der Waals surface area contributed by atoms with Gasteiger partial charge in [-0.1, -0.05) is 6.92 Å². The minimum atomic E-state index is -0.555. The van der Waals surface area contributed by atoms with Crippen LogP contribution in [-0.4, -0.2) is 22.8 Å². The molecule has 78 valence electrons. The van der Waals surface area contributed by atoms with Gasteiger partial charge >= 0.3 is 0 Å². The third-order valence-electron chi connectivity index (χ3n) is 3.26. The maximum Gasteiger partial charge on any atom is 0.0796 e. The van der Waals surface area contributed by atoms with Gasteiger partial charge in [0.15, 0.2) is 0 Å². The summed E-state index contributed by atoms with van der Waals surface area (Å²) in [7, 11) is 0. The zero-order valence-corrected chi connectivity index (χ0v) is 9.57. The first-order chi connectivity index (χ1) is 5.66. The first-order valence-electron chi connectivity index (χ1n) is 5.14. The Morgan fingerprint density at radius 1 is 1.23 bits per heavy atom. The molecule has 2 nitrogen and oxygen atoms in total. The maximum atomic E-state index is 10.2. The first-order valence-corrected chi connectivity index (χ1v) is 5.14. The number of hydrogen-bond acceptors (Lipinski definition) is 2. The van der Waals surface area contributed by atoms with Crippen LogP contribution in [0.15, 0.2) is 0 Å². The van der Waals surface area contributed by atoms with Crippen molar-refractivity contribution in [3.63, 3.8) is 0 Å². The number of rotatable bonds is 3. The predicted molar refractivity (Wildman–Crippen MR) is 55.7 cm³/mol. The fourth-order valence-electron chi connectivity index (χ4n) is 1.38. The molecular formula is C11H23NO. The molecule has 0 aliphatic heterocycles. The van der Waals surface area contributed by atoms with Crippen LogP contribution in [0.3, 0.4) is 0 Å². The van der Waals surface area contributed by atoms with E-state index in [1.807, 2.05) is 6.92 Å². The van der Waals surface area contributed by atoms with E-state index in [2.05, 4.69) is 33.0 Å². The van der Waals surface area contributed by atoms with E-state index in [-0.39, 0.29) is 11.0 Å². The number of nitrogens with one attached hydrogen (secondary N) is 1. The van der Waals surface area contributed by atoms with Crippen molar-refractivity contribution in [3.8, 4) is 0 Å². The monoisotopic (exact) mass is 185 g/mol. The van der Waals surface area contributed by atoms with Crippen LogP contribution in [0.4, 0.5) is 0 Å². The molecule has 2 heteroatoms. The molecule has 13 heavy (non-hydrogen) atoms. The van der Waals surface area contributed by atoms with Crippen molar-refractivity contribution in [2.45, 2.75) is 58.6 Å². The lowest BCUT2D eigenvalue weighted by molar-refractivity contribution is -0.0110. The zero-order chi connectivity index (χ0) is 10.3. The lowest BCUT2D eigenvalue weighted by atomic mass is 9.87. The van der Waals surface area contributed by atoms with Gasteiger partial charge in [-0.3, -0.25) is 0 Å². The van der Waals surface area contributed by atoms with Crippen LogP contribution in [0, 0.1) is 5.41 Å². The van der Waals surface area contributed by atoms with Gasteiger partial charge in [0.25, 0.3) is 0 Å². The van der Waals surface area contributed by atoms with Crippen LogP contribution in [0.25, 0.3) is 0 Å². The van der Waals surface area contributed by atoms with Crippen LogP contribution in [-0.2, 0) is 0 Å². The molecule has 1 rings (SSSR count). The molecule has 1 fully saturated rings. The average Bonchev–Trinajstić information content (AvgIpc) is 2.64. The Morgan fingerprint density at radius 3 is 2.00 bits per heavy atom. The highest BCUT2D eigenvalue weighted by Gasteiger charge is 2.52. The summed E-state index contributed by atoms with van der Waals surface area (Å²) in [5.74, 6) is 0. The highest BCUT2D eigenvalue weighted by molar-refractivity contribution is 5.04. The van der Waals surface area contributed by atoms with E-state index in [1.54, 1.807) is 0 Å². The smallest absolute Gasteiger partial charge is 0.0796 e. The number of β-amino-alcohol motifs (C(OH)–C–C–N with tert-alkyl or cyclic N) is 1. The molecule has 1 aliphatic carbocycles. The summed E-state index contributed by atoms with van der Waals surface area (Å²) >= 11 is 0. The minimum absolute atomic E-state index is 0.0925. The molecule has 1 saturated carbocycles. The van der Waals surface area contributed by atoms with E-state index in [0.29, 0.717) is 6.54 Å². The van der Waals surface area contributed by atoms with Gasteiger partial charge in [-0.15, -0.1) is 0 Å². The Bertz CT molecular complexity index is 187. The van der Waals surface area contributed by atoms with Gasteiger partial charge in [0.1, 0.15) is 0 Å². The second-order valence-corrected chi connectivity index (χ2v) is 5.94. The average molecular weight is 185 g/mol. The van der Waals surface area contributed by atoms with E-state index in [9.17, 15) is 5.11 Å². The fourth-order valence-corrected chi connectivity index (χ4v) is 1.38. The maximum absolute atomic E-state index is 10.2. The lowest BCUT2D eigenvalue weighted by Gasteiger charge is -2.34. The molecule has 0 radical (unpaired) electrons. The Kier molecular flexibility index (Phi) is 2.50. The fraction of sp³-hybridized carbons (Fsp3) is 1.00. The molecule has 0 aromatic heterocycles. The number of aliphatic hydroxyl groups is 1. The molecule has 1 aliphatic rings. The van der Waals surface area contributed by atoms with Crippen LogP contribution >= 0.6 is 0 Å². The standard InChI is InChI=1S/C11H23NO/c1-9(2,3)12-8-11(5,13)10(4)6-7-10/h12-13H,6-8H2,1-5H3. The first kappa shape index (κ1) is 11.0. The van der Waals surface area contributed by atoms with Crippen molar-refractivity contribution < 1.29 is 5.11 Å². The zero-order valence-electron chi connectivity index (χ0n) is 9.57. The number of hydrogen-bond donors (Lipinski definition) is 2. The summed E-state index contributed by atoms with van der Waals surface area (Å²) in [6, 6.07) is 0. The van der Waals surface area contributed by atoms with Crippen molar-refractivity contribution in [3.05, 3.63) is 0 Å². The molecule has 0 bridgehead atoms. The minimum Gasteiger partial charge on any atom is -0.388 e. The van der Waals surface area contributed by atoms with E-state index >= 15 is 0 Å². The molecule has 1 atom stereocenters. The normalized spacial score (nSPS) is 25.4. The van der Waals surface area contributed by atoms with Crippen molar-refractivity contribution in [1.29, 1.82) is 0 Å². The summed E-state index contributed by atoms with van der Waals surface area (Å²) in [5, 5.41) is 13.6. The molecule has 2 N–H and O–H groups in total. The Labute approximate surface area is 81.7 Å². The van der Waals surface area contributed by atoms with Gasteiger partial charge in [-0.2, -0.15) is 0 Å². The molecule has 0 aromatic rings. The van der Waals surface area contributed by atoms with Gasteiger partial charge in [-0.25, -0.2) is 0 Å². The van der Waals surface area contributed by atoms with Crippen molar-refractivity contribution in [1.82, 2.24) is 5.32 Å². The molecule has 0 amide bonds. The second kappa shape index (κ2) is 2.96. The lowest BCUT2D eigenvalue weighted by Crippen LogP contribution is -2.50. The van der Waals surface area contributed by atoms with Gasteiger partial charge < -0.3 is 10.4 Å². The highest BCUT2D eigenvalue weighted by Crippen LogP contribution is 2.53. The largest absolute Gasteiger partial charge is 0.388 e. The van der Waals surface area contributed by atoms with Crippen molar-refractivity contribution in [2.24, 2.45) is 5.41 Å². The summed E-state index contributed by atoms with van der Waals surface area (Å²) in [5.41, 5.74) is -0.305. The molecular weight excluding hydrogens is 162 g/mol. The van der Waals surface area contributed by atoms with Gasteiger partial charge in [0.2, 0.25) is 0 Å². The SMILES string of the molecule is CC(C)(C)NCC(C)(O)C1(C)CC1. The van der Waals surface area contributed by atoms with Crippen molar-refractivity contribution >= 4 is 0 Å². The summed E-state index contributed by atoms with van der Waals surface area (Å²) in [6.45, 7) is 11.2. The molecule has 1 unspecified atom stereocenters. The van der Waals surface area contributed by atoms with Gasteiger partial charge in [0.05, 0.1) is 5.60 Å². The Hall–Kier alpha value is -0.0800. The quantitative estimate of drug-likeness (QED) is 0.704. The Morgan fingerprint density at radius 2 is 1.69 bits per heavy atom. The third-order valence-corrected chi connectivity index (χ3v) is 3.26. The van der Waals surface area contributed by atoms with E-state index in [4.69, 9.17) is 0 Å². The Balaban J connectivity index is 2.44. The van der Waals surface area contributed by atoms with E-state index < -0.39 is 5.60 Å². The van der Waals surface area contributed by atoms with Crippen LogP contribution < -0.4 is 5.32 Å². The summed E-state index contributed by atoms with van der Waals surface area (Å²) < 4.78 is 0. The molecule has 0 aromatic carbocycles. The van der Waals surface area contributed by atoms with Gasteiger partial charge in [0, 0.05) is 12.1 Å². The summed E-state index contributed by atoms with van der Waals surface area (Å²) in [6.07, 6.45) is 2.32. The second-order valence-electron chi connectivity index (χ2n) is 5.94. The van der Waals surface area contributed by atoms with Crippen LogP contribution in [0.2, 0.25) is 0 Å². The van der Waals surface area contributed by atoms with Crippen molar-refractivity contribution in [2.75, 3.05) is 6.54 Å².